The normalized spacial score (nSPS) is 19.8. The van der Waals surface area contributed by atoms with E-state index in [0.29, 0.717) is 45.6 Å². The van der Waals surface area contributed by atoms with Crippen molar-refractivity contribution < 1.29 is 14.3 Å². The maximum Gasteiger partial charge on any atom is 0.225 e. The Morgan fingerprint density at radius 2 is 1.74 bits per heavy atom. The largest absolute Gasteiger partial charge is 0.436 e. The van der Waals surface area contributed by atoms with Gasteiger partial charge in [-0.15, -0.1) is 0 Å². The number of ether oxygens (including phenoxy) is 2. The van der Waals surface area contributed by atoms with Crippen LogP contribution in [-0.2, 0) is 16.1 Å². The number of rotatable bonds is 10. The number of aromatic nitrogens is 3. The van der Waals surface area contributed by atoms with E-state index in [4.69, 9.17) is 37.7 Å². The molecule has 1 atom stereocenters. The van der Waals surface area contributed by atoms with Crippen LogP contribution in [-0.4, -0.2) is 83.8 Å². The van der Waals surface area contributed by atoms with E-state index in [1.165, 1.54) is 0 Å². The van der Waals surface area contributed by atoms with Crippen molar-refractivity contribution in [1.82, 2.24) is 30.5 Å². The highest BCUT2D eigenvalue weighted by Crippen LogP contribution is 2.31. The average Bonchev–Trinajstić information content (AvgIpc) is 3.43. The summed E-state index contributed by atoms with van der Waals surface area (Å²) >= 11 is 12.7. The predicted octanol–water partition coefficient (Wildman–Crippen LogP) is 4.55. The number of piperidine rings is 1. The van der Waals surface area contributed by atoms with Gasteiger partial charge in [-0.05, 0) is 68.1 Å². The Balaban J connectivity index is 1.15. The second-order valence-corrected chi connectivity index (χ2v) is 12.5. The van der Waals surface area contributed by atoms with Crippen LogP contribution in [0.15, 0.2) is 42.7 Å². The molecule has 0 saturated carbocycles. The molecule has 1 aromatic carbocycles. The fraction of sp³-hybridized carbons (Fsp3) is 0.484. The Hall–Kier alpha value is -3.02. The number of hydrogen-bond donors (Lipinski definition) is 2. The molecule has 3 saturated heterocycles. The molecule has 12 heteroatoms. The molecule has 3 aliphatic heterocycles. The van der Waals surface area contributed by atoms with E-state index in [-0.39, 0.29) is 5.91 Å². The zero-order chi connectivity index (χ0) is 29.8. The third-order valence-corrected chi connectivity index (χ3v) is 8.63. The van der Waals surface area contributed by atoms with Crippen molar-refractivity contribution >= 4 is 35.1 Å². The Morgan fingerprint density at radius 3 is 2.42 bits per heavy atom. The first kappa shape index (κ1) is 30.0. The van der Waals surface area contributed by atoms with Gasteiger partial charge in [-0.1, -0.05) is 23.2 Å². The number of hydrogen-bond acceptors (Lipinski definition) is 9. The molecular formula is C31H37Cl2N7O3. The minimum absolute atomic E-state index is 0.0255. The zero-order valence-electron chi connectivity index (χ0n) is 24.3. The molecule has 10 nitrogen and oxygen atoms in total. The third-order valence-electron chi connectivity index (χ3n) is 8.19. The molecule has 228 valence electrons. The van der Waals surface area contributed by atoms with Crippen LogP contribution in [0.25, 0.3) is 11.3 Å². The molecular weight excluding hydrogens is 589 g/mol. The molecule has 3 aliphatic rings. The SMILES string of the molecule is CC(=O)NCC1CCN(Cc2cc(Oc3cnc(N4CCC(NC5COC5)C4)nc3)nc(-c3cc(Cl)cc(Cl)c3)c2)CC1. The second-order valence-electron chi connectivity index (χ2n) is 11.7. The second kappa shape index (κ2) is 13.7. The number of carbonyl (C=O) groups is 1. The van der Waals surface area contributed by atoms with Crippen molar-refractivity contribution in [3.8, 4) is 22.9 Å². The molecule has 5 heterocycles. The van der Waals surface area contributed by atoms with Crippen molar-refractivity contribution in [1.29, 1.82) is 0 Å². The van der Waals surface area contributed by atoms with E-state index in [1.54, 1.807) is 25.4 Å². The summed E-state index contributed by atoms with van der Waals surface area (Å²) in [6.45, 7) is 8.33. The van der Waals surface area contributed by atoms with Crippen LogP contribution in [0.1, 0.15) is 31.7 Å². The summed E-state index contributed by atoms with van der Waals surface area (Å²) in [4.78, 5) is 29.9. The lowest BCUT2D eigenvalue weighted by Gasteiger charge is -2.32. The van der Waals surface area contributed by atoms with Crippen LogP contribution < -0.4 is 20.3 Å². The number of amides is 1. The zero-order valence-corrected chi connectivity index (χ0v) is 25.8. The number of pyridine rings is 1. The third kappa shape index (κ3) is 8.13. The van der Waals surface area contributed by atoms with Crippen molar-refractivity contribution in [2.24, 2.45) is 5.92 Å². The van der Waals surface area contributed by atoms with Crippen LogP contribution in [0.4, 0.5) is 5.95 Å². The number of likely N-dealkylation sites (tertiary alicyclic amines) is 1. The summed E-state index contributed by atoms with van der Waals surface area (Å²) in [6.07, 6.45) is 6.54. The van der Waals surface area contributed by atoms with E-state index >= 15 is 0 Å². The van der Waals surface area contributed by atoms with Gasteiger partial charge in [0, 0.05) is 60.8 Å². The van der Waals surface area contributed by atoms with E-state index in [0.717, 1.165) is 88.6 Å². The highest BCUT2D eigenvalue weighted by Gasteiger charge is 2.29. The van der Waals surface area contributed by atoms with Gasteiger partial charge in [-0.2, -0.15) is 0 Å². The molecule has 3 aromatic rings. The summed E-state index contributed by atoms with van der Waals surface area (Å²) in [5.41, 5.74) is 2.61. The summed E-state index contributed by atoms with van der Waals surface area (Å²) in [5, 5.41) is 7.68. The van der Waals surface area contributed by atoms with Crippen molar-refractivity contribution in [2.75, 3.05) is 50.8 Å². The fourth-order valence-corrected chi connectivity index (χ4v) is 6.36. The van der Waals surface area contributed by atoms with Crippen LogP contribution >= 0.6 is 23.2 Å². The average molecular weight is 627 g/mol. The number of halogens is 2. The van der Waals surface area contributed by atoms with E-state index in [2.05, 4.69) is 36.5 Å². The summed E-state index contributed by atoms with van der Waals surface area (Å²) < 4.78 is 11.5. The van der Waals surface area contributed by atoms with Gasteiger partial charge in [-0.25, -0.2) is 15.0 Å². The highest BCUT2D eigenvalue weighted by atomic mass is 35.5. The monoisotopic (exact) mass is 625 g/mol. The lowest BCUT2D eigenvalue weighted by atomic mass is 9.96. The van der Waals surface area contributed by atoms with Gasteiger partial charge in [0.05, 0.1) is 37.3 Å². The number of anilines is 1. The minimum atomic E-state index is 0.0255. The van der Waals surface area contributed by atoms with Crippen molar-refractivity contribution in [3.63, 3.8) is 0 Å². The van der Waals surface area contributed by atoms with Crippen LogP contribution in [0.2, 0.25) is 10.0 Å². The number of benzene rings is 1. The van der Waals surface area contributed by atoms with Gasteiger partial charge in [0.15, 0.2) is 5.75 Å². The van der Waals surface area contributed by atoms with E-state index in [1.807, 2.05) is 18.2 Å². The van der Waals surface area contributed by atoms with Gasteiger partial charge in [0.25, 0.3) is 0 Å². The first-order valence-electron chi connectivity index (χ1n) is 14.9. The molecule has 43 heavy (non-hydrogen) atoms. The fourth-order valence-electron chi connectivity index (χ4n) is 5.84. The molecule has 1 amide bonds. The predicted molar refractivity (Wildman–Crippen MR) is 167 cm³/mol. The highest BCUT2D eigenvalue weighted by molar-refractivity contribution is 6.35. The summed E-state index contributed by atoms with van der Waals surface area (Å²) in [7, 11) is 0. The molecule has 1 unspecified atom stereocenters. The summed E-state index contributed by atoms with van der Waals surface area (Å²) in [5.74, 6) is 2.19. The lowest BCUT2D eigenvalue weighted by molar-refractivity contribution is -0.119. The van der Waals surface area contributed by atoms with Gasteiger partial charge in [0.2, 0.25) is 17.7 Å². The van der Waals surface area contributed by atoms with E-state index in [9.17, 15) is 4.79 Å². The molecule has 0 spiro atoms. The number of nitrogens with zero attached hydrogens (tertiary/aromatic N) is 5. The Bertz CT molecular complexity index is 1390. The molecule has 3 fully saturated rings. The topological polar surface area (TPSA) is 105 Å². The van der Waals surface area contributed by atoms with Gasteiger partial charge in [-0.3, -0.25) is 9.69 Å². The van der Waals surface area contributed by atoms with Crippen molar-refractivity contribution in [3.05, 3.63) is 58.3 Å². The number of nitrogens with one attached hydrogen (secondary N) is 2. The smallest absolute Gasteiger partial charge is 0.225 e. The molecule has 0 bridgehead atoms. The molecule has 2 aromatic heterocycles. The maximum atomic E-state index is 11.3. The van der Waals surface area contributed by atoms with E-state index < -0.39 is 0 Å². The minimum Gasteiger partial charge on any atom is -0.436 e. The lowest BCUT2D eigenvalue weighted by Crippen LogP contribution is -2.51. The van der Waals surface area contributed by atoms with Gasteiger partial charge >= 0.3 is 0 Å². The van der Waals surface area contributed by atoms with Crippen LogP contribution in [0.5, 0.6) is 11.6 Å². The Kier molecular flexibility index (Phi) is 9.59. The molecule has 6 rings (SSSR count). The summed E-state index contributed by atoms with van der Waals surface area (Å²) in [6, 6.07) is 10.3. The molecule has 2 N–H and O–H groups in total. The maximum absolute atomic E-state index is 11.3. The Morgan fingerprint density at radius 1 is 1.00 bits per heavy atom. The van der Waals surface area contributed by atoms with Crippen LogP contribution in [0.3, 0.4) is 0 Å². The first-order valence-corrected chi connectivity index (χ1v) is 15.6. The quantitative estimate of drug-likeness (QED) is 0.336. The van der Waals surface area contributed by atoms with Crippen LogP contribution in [0, 0.1) is 5.92 Å². The first-order chi connectivity index (χ1) is 20.9. The Labute approximate surface area is 262 Å². The molecule has 0 radical (unpaired) electrons. The molecule has 0 aliphatic carbocycles. The number of carbonyl (C=O) groups excluding carboxylic acids is 1. The van der Waals surface area contributed by atoms with Gasteiger partial charge < -0.3 is 25.0 Å². The van der Waals surface area contributed by atoms with Crippen molar-refractivity contribution in [2.45, 2.75) is 44.8 Å². The standard InChI is InChI=1S/C31H37Cl2N7O3/c1-20(41)34-13-21-2-5-39(6-3-21)16-22-8-29(23-10-24(32)12-25(33)11-23)38-30(9-22)43-28-14-35-31(36-15-28)40-7-4-26(17-40)37-27-18-42-19-27/h8-12,14-15,21,26-27,37H,2-7,13,16-19H2,1H3,(H,34,41). The van der Waals surface area contributed by atoms with Gasteiger partial charge in [0.1, 0.15) is 0 Å².